The molecule has 0 aromatic heterocycles. The van der Waals surface area contributed by atoms with Crippen LogP contribution in [0.2, 0.25) is 0 Å². The Bertz CT molecular complexity index is 848. The molecular weight excluding hydrogens is 311 g/mol. The number of hydrogen-bond donors (Lipinski definition) is 0. The number of ether oxygens (including phenoxy) is 1. The number of halogens is 1. The van der Waals surface area contributed by atoms with E-state index in [2.05, 4.69) is 4.99 Å². The summed E-state index contributed by atoms with van der Waals surface area (Å²) in [6.07, 6.45) is -1.35. The maximum atomic E-state index is 14.3. The molecule has 1 amide bonds. The van der Waals surface area contributed by atoms with Gasteiger partial charge in [-0.05, 0) is 18.2 Å². The summed E-state index contributed by atoms with van der Waals surface area (Å²) < 4.78 is 19.3. The SMILES string of the molecule is CC(=O)OC1N=C(c2ccccc2F)c2ccccc2N(C)C1=O. The van der Waals surface area contributed by atoms with Crippen molar-refractivity contribution in [1.29, 1.82) is 0 Å². The molecule has 1 unspecified atom stereocenters. The van der Waals surface area contributed by atoms with Crippen molar-refractivity contribution < 1.29 is 18.7 Å². The largest absolute Gasteiger partial charge is 0.430 e. The van der Waals surface area contributed by atoms with Crippen molar-refractivity contribution in [2.45, 2.75) is 13.2 Å². The van der Waals surface area contributed by atoms with Crippen LogP contribution in [0.25, 0.3) is 0 Å². The standard InChI is InChI=1S/C18H15FN2O3/c1-11(22)24-17-18(23)21(2)15-10-6-4-8-13(15)16(20-17)12-7-3-5-9-14(12)19/h3-10,17H,1-2H3. The predicted molar refractivity (Wildman–Crippen MR) is 87.4 cm³/mol. The second-order valence-corrected chi connectivity index (χ2v) is 5.33. The molecule has 122 valence electrons. The van der Waals surface area contributed by atoms with E-state index in [9.17, 15) is 14.0 Å². The van der Waals surface area contributed by atoms with Gasteiger partial charge in [0.15, 0.2) is 0 Å². The van der Waals surface area contributed by atoms with E-state index in [0.717, 1.165) is 0 Å². The summed E-state index contributed by atoms with van der Waals surface area (Å²) in [5, 5.41) is 0. The van der Waals surface area contributed by atoms with Crippen molar-refractivity contribution in [1.82, 2.24) is 0 Å². The Morgan fingerprint density at radius 1 is 1.12 bits per heavy atom. The summed E-state index contributed by atoms with van der Waals surface area (Å²) in [7, 11) is 1.57. The minimum Gasteiger partial charge on any atom is -0.430 e. The second-order valence-electron chi connectivity index (χ2n) is 5.33. The number of hydrogen-bond acceptors (Lipinski definition) is 4. The highest BCUT2D eigenvalue weighted by molar-refractivity contribution is 6.20. The lowest BCUT2D eigenvalue weighted by Gasteiger charge is -2.19. The second kappa shape index (κ2) is 6.23. The lowest BCUT2D eigenvalue weighted by molar-refractivity contribution is -0.152. The molecule has 1 aliphatic rings. The maximum Gasteiger partial charge on any atom is 0.305 e. The number of benzodiazepines with no additional fused rings is 1. The van der Waals surface area contributed by atoms with Gasteiger partial charge in [0.2, 0.25) is 0 Å². The van der Waals surface area contributed by atoms with Crippen LogP contribution in [0.4, 0.5) is 10.1 Å². The number of esters is 1. The van der Waals surface area contributed by atoms with Crippen molar-refractivity contribution in [3.8, 4) is 0 Å². The van der Waals surface area contributed by atoms with Gasteiger partial charge in [-0.25, -0.2) is 9.38 Å². The number of amides is 1. The fourth-order valence-corrected chi connectivity index (χ4v) is 2.59. The van der Waals surface area contributed by atoms with Crippen LogP contribution in [0.3, 0.4) is 0 Å². The third kappa shape index (κ3) is 2.78. The number of nitrogens with zero attached hydrogens (tertiary/aromatic N) is 2. The normalized spacial score (nSPS) is 17.0. The number of benzene rings is 2. The molecule has 0 saturated carbocycles. The van der Waals surface area contributed by atoms with Crippen LogP contribution in [-0.2, 0) is 14.3 Å². The molecule has 0 fully saturated rings. The van der Waals surface area contributed by atoms with Gasteiger partial charge in [0.05, 0.1) is 11.4 Å². The Kier molecular flexibility index (Phi) is 4.12. The number of likely N-dealkylation sites (N-methyl/N-ethyl adjacent to an activating group) is 1. The first-order chi connectivity index (χ1) is 11.5. The Morgan fingerprint density at radius 2 is 1.75 bits per heavy atom. The summed E-state index contributed by atoms with van der Waals surface area (Å²) in [4.78, 5) is 29.5. The fraction of sp³-hybridized carbons (Fsp3) is 0.167. The van der Waals surface area contributed by atoms with Gasteiger partial charge in [-0.3, -0.25) is 9.59 Å². The Balaban J connectivity index is 2.25. The molecule has 0 radical (unpaired) electrons. The van der Waals surface area contributed by atoms with E-state index in [1.165, 1.54) is 17.9 Å². The summed E-state index contributed by atoms with van der Waals surface area (Å²) in [6, 6.07) is 13.2. The highest BCUT2D eigenvalue weighted by Crippen LogP contribution is 2.28. The predicted octanol–water partition coefficient (Wildman–Crippen LogP) is 2.53. The van der Waals surface area contributed by atoms with Crippen molar-refractivity contribution in [2.24, 2.45) is 4.99 Å². The van der Waals surface area contributed by atoms with E-state index in [4.69, 9.17) is 4.74 Å². The quantitative estimate of drug-likeness (QED) is 0.797. The smallest absolute Gasteiger partial charge is 0.305 e. The molecule has 2 aromatic carbocycles. The van der Waals surface area contributed by atoms with Crippen LogP contribution in [0.1, 0.15) is 18.1 Å². The first-order valence-corrected chi connectivity index (χ1v) is 7.36. The van der Waals surface area contributed by atoms with Gasteiger partial charge in [-0.15, -0.1) is 0 Å². The highest BCUT2D eigenvalue weighted by atomic mass is 19.1. The van der Waals surface area contributed by atoms with Gasteiger partial charge in [0, 0.05) is 25.1 Å². The van der Waals surface area contributed by atoms with Crippen LogP contribution >= 0.6 is 0 Å². The van der Waals surface area contributed by atoms with E-state index in [0.29, 0.717) is 11.3 Å². The minimum atomic E-state index is -1.35. The number of para-hydroxylation sites is 1. The number of carbonyl (C=O) groups excluding carboxylic acids is 2. The average Bonchev–Trinajstić information content (AvgIpc) is 2.66. The monoisotopic (exact) mass is 326 g/mol. The number of anilines is 1. The Morgan fingerprint density at radius 3 is 2.42 bits per heavy atom. The van der Waals surface area contributed by atoms with E-state index >= 15 is 0 Å². The minimum absolute atomic E-state index is 0.241. The molecule has 1 aliphatic heterocycles. The number of rotatable bonds is 2. The molecular formula is C18H15FN2O3. The van der Waals surface area contributed by atoms with E-state index < -0.39 is 23.9 Å². The topological polar surface area (TPSA) is 59.0 Å². The number of fused-ring (bicyclic) bond motifs is 1. The number of aliphatic imine (C=N–C) groups is 1. The Hall–Kier alpha value is -3.02. The van der Waals surface area contributed by atoms with Crippen LogP contribution in [-0.4, -0.2) is 30.9 Å². The lowest BCUT2D eigenvalue weighted by atomic mass is 10.00. The molecule has 0 bridgehead atoms. The van der Waals surface area contributed by atoms with Crippen LogP contribution in [0, 0.1) is 5.82 Å². The van der Waals surface area contributed by atoms with Crippen molar-refractivity contribution >= 4 is 23.3 Å². The molecule has 0 N–H and O–H groups in total. The van der Waals surface area contributed by atoms with Gasteiger partial charge in [0.1, 0.15) is 5.82 Å². The van der Waals surface area contributed by atoms with Crippen molar-refractivity contribution in [3.63, 3.8) is 0 Å². The lowest BCUT2D eigenvalue weighted by Crippen LogP contribution is -2.37. The summed E-state index contributed by atoms with van der Waals surface area (Å²) in [5.41, 5.74) is 1.67. The fourth-order valence-electron chi connectivity index (χ4n) is 2.59. The zero-order valence-corrected chi connectivity index (χ0v) is 13.2. The number of carbonyl (C=O) groups is 2. The van der Waals surface area contributed by atoms with Crippen molar-refractivity contribution in [2.75, 3.05) is 11.9 Å². The van der Waals surface area contributed by atoms with Gasteiger partial charge in [-0.1, -0.05) is 30.3 Å². The van der Waals surface area contributed by atoms with E-state index in [1.807, 2.05) is 0 Å². The summed E-state index contributed by atoms with van der Waals surface area (Å²) in [6.45, 7) is 1.20. The summed E-state index contributed by atoms with van der Waals surface area (Å²) >= 11 is 0. The van der Waals surface area contributed by atoms with Crippen LogP contribution in [0.15, 0.2) is 53.5 Å². The van der Waals surface area contributed by atoms with Gasteiger partial charge in [0.25, 0.3) is 12.1 Å². The van der Waals surface area contributed by atoms with Crippen LogP contribution < -0.4 is 4.90 Å². The van der Waals surface area contributed by atoms with Gasteiger partial charge < -0.3 is 9.64 Å². The molecule has 3 rings (SSSR count). The van der Waals surface area contributed by atoms with E-state index in [1.54, 1.807) is 49.5 Å². The summed E-state index contributed by atoms with van der Waals surface area (Å²) in [5.74, 6) is -1.60. The molecule has 2 aromatic rings. The third-order valence-electron chi connectivity index (χ3n) is 3.72. The Labute approximate surface area is 138 Å². The molecule has 6 heteroatoms. The molecule has 0 saturated heterocycles. The molecule has 24 heavy (non-hydrogen) atoms. The highest BCUT2D eigenvalue weighted by Gasteiger charge is 2.32. The molecule has 1 heterocycles. The van der Waals surface area contributed by atoms with E-state index in [-0.39, 0.29) is 11.3 Å². The zero-order chi connectivity index (χ0) is 17.3. The van der Waals surface area contributed by atoms with Gasteiger partial charge >= 0.3 is 5.97 Å². The first kappa shape index (κ1) is 15.9. The zero-order valence-electron chi connectivity index (χ0n) is 13.2. The van der Waals surface area contributed by atoms with Gasteiger partial charge in [-0.2, -0.15) is 0 Å². The average molecular weight is 326 g/mol. The molecule has 0 aliphatic carbocycles. The molecule has 0 spiro atoms. The van der Waals surface area contributed by atoms with Crippen LogP contribution in [0.5, 0.6) is 0 Å². The van der Waals surface area contributed by atoms with Crippen molar-refractivity contribution in [3.05, 3.63) is 65.5 Å². The molecule has 1 atom stereocenters. The molecule has 5 nitrogen and oxygen atoms in total. The maximum absolute atomic E-state index is 14.3. The first-order valence-electron chi connectivity index (χ1n) is 7.36. The third-order valence-corrected chi connectivity index (χ3v) is 3.72.